The second-order valence-electron chi connectivity index (χ2n) is 5.92. The molecule has 1 amide bonds. The molecule has 134 valence electrons. The summed E-state index contributed by atoms with van der Waals surface area (Å²) in [7, 11) is 0. The van der Waals surface area contributed by atoms with E-state index in [1.807, 2.05) is 0 Å². The van der Waals surface area contributed by atoms with Crippen LogP contribution in [-0.2, 0) is 4.79 Å². The zero-order chi connectivity index (χ0) is 19.0. The minimum absolute atomic E-state index is 0.00235. The van der Waals surface area contributed by atoms with Crippen LogP contribution in [-0.4, -0.2) is 26.9 Å². The number of para-hydroxylation sites is 2. The molecule has 2 N–H and O–H groups in total. The minimum atomic E-state index is -0.939. The van der Waals surface area contributed by atoms with E-state index in [9.17, 15) is 19.8 Å². The van der Waals surface area contributed by atoms with Crippen LogP contribution in [0.15, 0.2) is 82.9 Å². The van der Waals surface area contributed by atoms with Crippen LogP contribution in [0.5, 0.6) is 5.75 Å². The molecule has 0 bridgehead atoms. The van der Waals surface area contributed by atoms with Gasteiger partial charge in [0.15, 0.2) is 11.5 Å². The predicted molar refractivity (Wildman–Crippen MR) is 95.3 cm³/mol. The number of hydrogen-bond acceptors (Lipinski definition) is 6. The maximum Gasteiger partial charge on any atom is 0.294 e. The average molecular weight is 362 g/mol. The Labute approximate surface area is 153 Å². The Morgan fingerprint density at radius 1 is 1.04 bits per heavy atom. The molecule has 2 aromatic heterocycles. The molecule has 27 heavy (non-hydrogen) atoms. The topological polar surface area (TPSA) is 104 Å². The lowest BCUT2D eigenvalue weighted by Crippen LogP contribution is -2.31. The number of anilines is 1. The minimum Gasteiger partial charge on any atom is -0.506 e. The van der Waals surface area contributed by atoms with Crippen molar-refractivity contribution < 1.29 is 24.2 Å². The molecule has 1 atom stereocenters. The molecule has 7 heteroatoms. The highest BCUT2D eigenvalue weighted by atomic mass is 16.3. The number of aliphatic hydroxyl groups excluding tert-OH is 1. The third-order valence-electron chi connectivity index (χ3n) is 4.36. The Morgan fingerprint density at radius 3 is 2.44 bits per heavy atom. The number of carbonyl (C=O) groups is 2. The van der Waals surface area contributed by atoms with Crippen molar-refractivity contribution in [3.05, 3.63) is 89.8 Å². The fraction of sp³-hybridized carbons (Fsp3) is 0.0500. The molecule has 1 aromatic carbocycles. The number of aromatic hydroxyl groups is 1. The second kappa shape index (κ2) is 6.45. The first kappa shape index (κ1) is 16.6. The number of phenols is 1. The second-order valence-corrected chi connectivity index (χ2v) is 5.92. The molecule has 1 aliphatic rings. The summed E-state index contributed by atoms with van der Waals surface area (Å²) >= 11 is 0. The number of rotatable bonds is 4. The summed E-state index contributed by atoms with van der Waals surface area (Å²) in [6, 6.07) is 11.6. The molecule has 7 nitrogen and oxygen atoms in total. The third-order valence-corrected chi connectivity index (χ3v) is 4.36. The molecule has 1 aliphatic heterocycles. The van der Waals surface area contributed by atoms with Crippen molar-refractivity contribution in [1.29, 1.82) is 0 Å². The van der Waals surface area contributed by atoms with E-state index in [4.69, 9.17) is 4.42 Å². The van der Waals surface area contributed by atoms with Gasteiger partial charge in [-0.2, -0.15) is 0 Å². The molecule has 3 aromatic rings. The number of furan rings is 1. The zero-order valence-electron chi connectivity index (χ0n) is 13.9. The summed E-state index contributed by atoms with van der Waals surface area (Å²) in [4.78, 5) is 30.9. The summed E-state index contributed by atoms with van der Waals surface area (Å²) in [6.07, 6.45) is 4.38. The van der Waals surface area contributed by atoms with Crippen molar-refractivity contribution in [1.82, 2.24) is 4.98 Å². The molecule has 1 unspecified atom stereocenters. The highest BCUT2D eigenvalue weighted by Crippen LogP contribution is 2.44. The predicted octanol–water partition coefficient (Wildman–Crippen LogP) is 3.16. The van der Waals surface area contributed by atoms with E-state index < -0.39 is 23.5 Å². The van der Waals surface area contributed by atoms with Crippen molar-refractivity contribution in [2.75, 3.05) is 4.90 Å². The van der Waals surface area contributed by atoms with E-state index in [1.54, 1.807) is 30.3 Å². The molecule has 0 spiro atoms. The normalized spacial score (nSPS) is 16.8. The summed E-state index contributed by atoms with van der Waals surface area (Å²) in [5.41, 5.74) is 0.614. The van der Waals surface area contributed by atoms with Crippen LogP contribution in [0.25, 0.3) is 0 Å². The molecular weight excluding hydrogens is 348 g/mol. The monoisotopic (exact) mass is 362 g/mol. The first-order chi connectivity index (χ1) is 13.1. The number of nitrogens with zero attached hydrogens (tertiary/aromatic N) is 2. The largest absolute Gasteiger partial charge is 0.506 e. The number of phenolic OH excluding ortho intramolecular Hbond substituents is 1. The van der Waals surface area contributed by atoms with E-state index in [0.29, 0.717) is 5.56 Å². The van der Waals surface area contributed by atoms with Gasteiger partial charge >= 0.3 is 0 Å². The Hall–Kier alpha value is -3.87. The van der Waals surface area contributed by atoms with Gasteiger partial charge in [0.25, 0.3) is 5.91 Å². The summed E-state index contributed by atoms with van der Waals surface area (Å²) in [5.74, 6) is -2.22. The number of hydrogen-bond donors (Lipinski definition) is 2. The lowest BCUT2D eigenvalue weighted by atomic mass is 9.95. The third kappa shape index (κ3) is 2.65. The molecule has 0 saturated carbocycles. The number of ketones is 1. The first-order valence-corrected chi connectivity index (χ1v) is 8.12. The molecule has 0 saturated heterocycles. The van der Waals surface area contributed by atoms with E-state index in [1.165, 1.54) is 41.8 Å². The highest BCUT2D eigenvalue weighted by molar-refractivity contribution is 6.20. The van der Waals surface area contributed by atoms with Gasteiger partial charge in [-0.05, 0) is 42.0 Å². The number of amides is 1. The van der Waals surface area contributed by atoms with Crippen LogP contribution in [0.1, 0.15) is 22.2 Å². The van der Waals surface area contributed by atoms with Gasteiger partial charge in [-0.3, -0.25) is 19.5 Å². The van der Waals surface area contributed by atoms with E-state index in [2.05, 4.69) is 4.98 Å². The average Bonchev–Trinajstić information content (AvgIpc) is 3.31. The van der Waals surface area contributed by atoms with Gasteiger partial charge < -0.3 is 14.6 Å². The quantitative estimate of drug-likeness (QED) is 0.691. The number of pyridine rings is 1. The van der Waals surface area contributed by atoms with Crippen molar-refractivity contribution in [3.8, 4) is 5.75 Å². The summed E-state index contributed by atoms with van der Waals surface area (Å²) in [5, 5.41) is 20.7. The number of Topliss-reactive ketones (excluding diaryl/α,β-unsaturated/α-hetero) is 1. The van der Waals surface area contributed by atoms with Crippen molar-refractivity contribution in [2.45, 2.75) is 6.04 Å². The molecular formula is C20H14N2O5. The van der Waals surface area contributed by atoms with Crippen LogP contribution in [0, 0.1) is 0 Å². The van der Waals surface area contributed by atoms with Crippen LogP contribution in [0.2, 0.25) is 0 Å². The SMILES string of the molecule is O=C(C1=C(O)C(=O)N(c2ccccc2O)C1c1ccncc1)c1ccco1. The van der Waals surface area contributed by atoms with Gasteiger partial charge in [0.05, 0.1) is 23.6 Å². The zero-order valence-corrected chi connectivity index (χ0v) is 13.9. The smallest absolute Gasteiger partial charge is 0.294 e. The van der Waals surface area contributed by atoms with Crippen LogP contribution >= 0.6 is 0 Å². The van der Waals surface area contributed by atoms with Crippen LogP contribution in [0.3, 0.4) is 0 Å². The standard InChI is InChI=1S/C20H14N2O5/c23-14-5-2-1-4-13(14)22-17(12-7-9-21-10-8-12)16(19(25)20(22)26)18(24)15-6-3-11-27-15/h1-11,17,23,25H. The maximum absolute atomic E-state index is 12.9. The fourth-order valence-corrected chi connectivity index (χ4v) is 3.16. The van der Waals surface area contributed by atoms with Crippen molar-refractivity contribution in [2.24, 2.45) is 0 Å². The fourth-order valence-electron chi connectivity index (χ4n) is 3.16. The van der Waals surface area contributed by atoms with Crippen LogP contribution in [0.4, 0.5) is 5.69 Å². The van der Waals surface area contributed by atoms with Crippen LogP contribution < -0.4 is 4.90 Å². The molecule has 3 heterocycles. The molecule has 4 rings (SSSR count). The number of aliphatic hydroxyl groups is 1. The van der Waals surface area contributed by atoms with Gasteiger partial charge in [-0.25, -0.2) is 0 Å². The summed E-state index contributed by atoms with van der Waals surface area (Å²) in [6.45, 7) is 0. The molecule has 0 aliphatic carbocycles. The van der Waals surface area contributed by atoms with Gasteiger partial charge in [0.1, 0.15) is 5.75 Å². The number of carbonyl (C=O) groups excluding carboxylic acids is 2. The van der Waals surface area contributed by atoms with Crippen molar-refractivity contribution >= 4 is 17.4 Å². The van der Waals surface area contributed by atoms with E-state index in [-0.39, 0.29) is 22.8 Å². The molecule has 0 fully saturated rings. The van der Waals surface area contributed by atoms with Gasteiger partial charge in [0.2, 0.25) is 5.78 Å². The Bertz CT molecular complexity index is 1040. The van der Waals surface area contributed by atoms with Gasteiger partial charge in [0, 0.05) is 12.4 Å². The summed E-state index contributed by atoms with van der Waals surface area (Å²) < 4.78 is 5.15. The first-order valence-electron chi connectivity index (χ1n) is 8.12. The lowest BCUT2D eigenvalue weighted by molar-refractivity contribution is -0.117. The van der Waals surface area contributed by atoms with E-state index in [0.717, 1.165) is 0 Å². The van der Waals surface area contributed by atoms with Gasteiger partial charge in [-0.15, -0.1) is 0 Å². The van der Waals surface area contributed by atoms with Gasteiger partial charge in [-0.1, -0.05) is 12.1 Å². The number of aromatic nitrogens is 1. The molecule has 0 radical (unpaired) electrons. The van der Waals surface area contributed by atoms with Crippen molar-refractivity contribution in [3.63, 3.8) is 0 Å². The maximum atomic E-state index is 12.9. The number of benzene rings is 1. The Balaban J connectivity index is 1.91. The Morgan fingerprint density at radius 2 is 1.78 bits per heavy atom. The highest BCUT2D eigenvalue weighted by Gasteiger charge is 2.45. The Kier molecular flexibility index (Phi) is 3.97. The lowest BCUT2D eigenvalue weighted by Gasteiger charge is -2.27. The van der Waals surface area contributed by atoms with E-state index >= 15 is 0 Å².